The SMILES string of the molecule is C=CCCCOCc1ccc(-c2ccc(C3CCC(CC/C=C/C)CC3)cc2)cc1. The molecule has 0 aromatic heterocycles. The van der Waals surface area contributed by atoms with E-state index in [0.29, 0.717) is 6.61 Å². The highest BCUT2D eigenvalue weighted by atomic mass is 16.5. The summed E-state index contributed by atoms with van der Waals surface area (Å²) < 4.78 is 5.73. The molecule has 0 spiro atoms. The standard InChI is InChI=1S/C29H38O/c1-3-5-7-9-24-10-14-26(15-11-24)28-18-20-29(21-19-28)27-16-12-25(13-17-27)23-30-22-8-6-4-2/h3-5,12-13,16-21,24,26H,2,6-11,14-15,22-23H2,1H3/b5-3+. The van der Waals surface area contributed by atoms with Gasteiger partial charge in [0, 0.05) is 6.61 Å². The van der Waals surface area contributed by atoms with E-state index in [1.54, 1.807) is 0 Å². The maximum absolute atomic E-state index is 5.73. The van der Waals surface area contributed by atoms with Crippen molar-refractivity contribution >= 4 is 0 Å². The van der Waals surface area contributed by atoms with E-state index in [2.05, 4.69) is 74.2 Å². The van der Waals surface area contributed by atoms with E-state index in [1.807, 2.05) is 6.08 Å². The zero-order valence-electron chi connectivity index (χ0n) is 18.7. The van der Waals surface area contributed by atoms with Crippen LogP contribution in [0.15, 0.2) is 73.3 Å². The number of hydrogen-bond donors (Lipinski definition) is 0. The molecule has 160 valence electrons. The summed E-state index contributed by atoms with van der Waals surface area (Å²) in [5, 5.41) is 0. The molecule has 2 aromatic carbocycles. The Kier molecular flexibility index (Phi) is 9.44. The molecule has 0 aliphatic heterocycles. The van der Waals surface area contributed by atoms with Gasteiger partial charge in [0.2, 0.25) is 0 Å². The van der Waals surface area contributed by atoms with Gasteiger partial charge in [-0.3, -0.25) is 0 Å². The third kappa shape index (κ3) is 6.99. The number of benzene rings is 2. The van der Waals surface area contributed by atoms with Gasteiger partial charge in [-0.15, -0.1) is 6.58 Å². The molecule has 30 heavy (non-hydrogen) atoms. The molecular weight excluding hydrogens is 364 g/mol. The molecule has 3 rings (SSSR count). The van der Waals surface area contributed by atoms with Gasteiger partial charge in [-0.25, -0.2) is 0 Å². The first-order valence-corrected chi connectivity index (χ1v) is 11.8. The maximum Gasteiger partial charge on any atom is 0.0716 e. The molecule has 1 aliphatic carbocycles. The van der Waals surface area contributed by atoms with Gasteiger partial charge in [0.05, 0.1) is 6.61 Å². The summed E-state index contributed by atoms with van der Waals surface area (Å²) >= 11 is 0. The molecule has 0 N–H and O–H groups in total. The highest BCUT2D eigenvalue weighted by molar-refractivity contribution is 5.64. The summed E-state index contributed by atoms with van der Waals surface area (Å²) in [5.74, 6) is 1.68. The van der Waals surface area contributed by atoms with Crippen molar-refractivity contribution in [1.82, 2.24) is 0 Å². The van der Waals surface area contributed by atoms with E-state index in [1.165, 1.54) is 60.8 Å². The predicted molar refractivity (Wildman–Crippen MR) is 130 cm³/mol. The monoisotopic (exact) mass is 402 g/mol. The van der Waals surface area contributed by atoms with Crippen LogP contribution in [0.2, 0.25) is 0 Å². The van der Waals surface area contributed by atoms with Gasteiger partial charge in [0.15, 0.2) is 0 Å². The molecule has 0 amide bonds. The topological polar surface area (TPSA) is 9.23 Å². The fraction of sp³-hybridized carbons (Fsp3) is 0.448. The molecule has 0 heterocycles. The Morgan fingerprint density at radius 1 is 0.900 bits per heavy atom. The first kappa shape index (κ1) is 22.6. The summed E-state index contributed by atoms with van der Waals surface area (Å²) in [7, 11) is 0. The average Bonchev–Trinajstić information content (AvgIpc) is 2.80. The molecular formula is C29H38O. The van der Waals surface area contributed by atoms with Gasteiger partial charge in [0.1, 0.15) is 0 Å². The van der Waals surface area contributed by atoms with E-state index in [9.17, 15) is 0 Å². The summed E-state index contributed by atoms with van der Waals surface area (Å²) in [6.45, 7) is 7.35. The summed E-state index contributed by atoms with van der Waals surface area (Å²) in [4.78, 5) is 0. The van der Waals surface area contributed by atoms with Gasteiger partial charge >= 0.3 is 0 Å². The fourth-order valence-corrected chi connectivity index (χ4v) is 4.54. The molecule has 0 saturated heterocycles. The molecule has 0 radical (unpaired) electrons. The minimum absolute atomic E-state index is 0.688. The highest BCUT2D eigenvalue weighted by Gasteiger charge is 2.21. The summed E-state index contributed by atoms with van der Waals surface area (Å²) in [5.41, 5.74) is 5.34. The van der Waals surface area contributed by atoms with Crippen LogP contribution < -0.4 is 0 Å². The van der Waals surface area contributed by atoms with Crippen LogP contribution in [-0.4, -0.2) is 6.61 Å². The normalized spacial score (nSPS) is 19.2. The number of allylic oxidation sites excluding steroid dienone is 3. The zero-order valence-corrected chi connectivity index (χ0v) is 18.7. The van der Waals surface area contributed by atoms with Crippen molar-refractivity contribution in [2.45, 2.75) is 70.8 Å². The highest BCUT2D eigenvalue weighted by Crippen LogP contribution is 2.38. The molecule has 1 nitrogen and oxygen atoms in total. The Balaban J connectivity index is 1.48. The van der Waals surface area contributed by atoms with Gasteiger partial charge in [-0.2, -0.15) is 0 Å². The lowest BCUT2D eigenvalue weighted by atomic mass is 9.77. The lowest BCUT2D eigenvalue weighted by Crippen LogP contribution is -2.13. The van der Waals surface area contributed by atoms with Crippen LogP contribution in [0.1, 0.15) is 75.3 Å². The van der Waals surface area contributed by atoms with E-state index >= 15 is 0 Å². The van der Waals surface area contributed by atoms with E-state index in [-0.39, 0.29) is 0 Å². The van der Waals surface area contributed by atoms with Gasteiger partial charge in [-0.1, -0.05) is 66.8 Å². The number of unbranched alkanes of at least 4 members (excludes halogenated alkanes) is 1. The minimum Gasteiger partial charge on any atom is -0.377 e. The van der Waals surface area contributed by atoms with Crippen molar-refractivity contribution in [2.75, 3.05) is 6.61 Å². The first-order valence-electron chi connectivity index (χ1n) is 11.8. The van der Waals surface area contributed by atoms with Gasteiger partial charge in [-0.05, 0) is 92.4 Å². The molecule has 1 saturated carbocycles. The molecule has 0 atom stereocenters. The van der Waals surface area contributed by atoms with Crippen molar-refractivity contribution in [3.8, 4) is 11.1 Å². The Labute approximate surface area is 183 Å². The molecule has 1 aliphatic rings. The van der Waals surface area contributed by atoms with Crippen LogP contribution in [0.3, 0.4) is 0 Å². The summed E-state index contributed by atoms with van der Waals surface area (Å²) in [6, 6.07) is 18.1. The largest absolute Gasteiger partial charge is 0.377 e. The molecule has 1 fully saturated rings. The summed E-state index contributed by atoms with van der Waals surface area (Å²) in [6.07, 6.45) is 16.6. The van der Waals surface area contributed by atoms with Crippen molar-refractivity contribution in [2.24, 2.45) is 5.92 Å². The van der Waals surface area contributed by atoms with Crippen LogP contribution in [-0.2, 0) is 11.3 Å². The Bertz CT molecular complexity index is 761. The molecule has 2 aromatic rings. The second-order valence-electron chi connectivity index (χ2n) is 8.67. The van der Waals surface area contributed by atoms with Crippen molar-refractivity contribution in [3.63, 3.8) is 0 Å². The van der Waals surface area contributed by atoms with Crippen molar-refractivity contribution in [3.05, 3.63) is 84.5 Å². The quantitative estimate of drug-likeness (QED) is 0.270. The Hall–Kier alpha value is -2.12. The van der Waals surface area contributed by atoms with Crippen LogP contribution >= 0.6 is 0 Å². The lowest BCUT2D eigenvalue weighted by Gasteiger charge is -2.28. The van der Waals surface area contributed by atoms with E-state index in [0.717, 1.165) is 31.3 Å². The van der Waals surface area contributed by atoms with Crippen LogP contribution in [0.5, 0.6) is 0 Å². The van der Waals surface area contributed by atoms with Crippen molar-refractivity contribution in [1.29, 1.82) is 0 Å². The predicted octanol–water partition coefficient (Wildman–Crippen LogP) is 8.47. The van der Waals surface area contributed by atoms with Crippen LogP contribution in [0.4, 0.5) is 0 Å². The Morgan fingerprint density at radius 3 is 2.20 bits per heavy atom. The van der Waals surface area contributed by atoms with E-state index < -0.39 is 0 Å². The smallest absolute Gasteiger partial charge is 0.0716 e. The lowest BCUT2D eigenvalue weighted by molar-refractivity contribution is 0.119. The fourth-order valence-electron chi connectivity index (χ4n) is 4.54. The van der Waals surface area contributed by atoms with Gasteiger partial charge < -0.3 is 4.74 Å². The second kappa shape index (κ2) is 12.5. The van der Waals surface area contributed by atoms with Gasteiger partial charge in [0.25, 0.3) is 0 Å². The minimum atomic E-state index is 0.688. The number of rotatable bonds is 11. The zero-order chi connectivity index (χ0) is 21.0. The third-order valence-electron chi connectivity index (χ3n) is 6.46. The number of ether oxygens (including phenoxy) is 1. The van der Waals surface area contributed by atoms with Crippen LogP contribution in [0.25, 0.3) is 11.1 Å². The van der Waals surface area contributed by atoms with Crippen molar-refractivity contribution < 1.29 is 4.74 Å². The third-order valence-corrected chi connectivity index (χ3v) is 6.46. The number of hydrogen-bond acceptors (Lipinski definition) is 1. The molecule has 1 heteroatoms. The second-order valence-corrected chi connectivity index (χ2v) is 8.67. The average molecular weight is 403 g/mol. The Morgan fingerprint density at radius 2 is 1.57 bits per heavy atom. The first-order chi connectivity index (χ1) is 14.8. The van der Waals surface area contributed by atoms with Crippen LogP contribution in [0, 0.1) is 5.92 Å². The molecule has 0 bridgehead atoms. The van der Waals surface area contributed by atoms with E-state index in [4.69, 9.17) is 4.74 Å². The maximum atomic E-state index is 5.73. The molecule has 0 unspecified atom stereocenters.